The highest BCUT2D eigenvalue weighted by Gasteiger charge is 2.31. The molecule has 3 aromatic heterocycles. The molecule has 0 atom stereocenters. The van der Waals surface area contributed by atoms with E-state index in [1.807, 2.05) is 16.3 Å². The van der Waals surface area contributed by atoms with Crippen molar-refractivity contribution in [3.8, 4) is 11.4 Å². The second-order valence-electron chi connectivity index (χ2n) is 7.64. The Labute approximate surface area is 200 Å². The van der Waals surface area contributed by atoms with Crippen molar-refractivity contribution in [2.24, 2.45) is 0 Å². The van der Waals surface area contributed by atoms with Gasteiger partial charge in [-0.25, -0.2) is 19.4 Å². The Balaban J connectivity index is 1.45. The van der Waals surface area contributed by atoms with Crippen molar-refractivity contribution in [1.29, 1.82) is 0 Å². The lowest BCUT2D eigenvalue weighted by molar-refractivity contribution is -0.142. The minimum Gasteiger partial charge on any atom is -0.378 e. The van der Waals surface area contributed by atoms with Crippen molar-refractivity contribution in [2.45, 2.75) is 12.7 Å². The maximum absolute atomic E-state index is 13.1. The van der Waals surface area contributed by atoms with Crippen molar-refractivity contribution in [2.75, 3.05) is 41.8 Å². The van der Waals surface area contributed by atoms with Crippen molar-refractivity contribution in [1.82, 2.24) is 25.0 Å². The Morgan fingerprint density at radius 1 is 1.09 bits per heavy atom. The van der Waals surface area contributed by atoms with Crippen LogP contribution in [-0.2, 0) is 11.3 Å². The van der Waals surface area contributed by atoms with Crippen molar-refractivity contribution < 1.29 is 22.7 Å². The van der Waals surface area contributed by atoms with Crippen LogP contribution in [0.3, 0.4) is 0 Å². The largest absolute Gasteiger partial charge is 0.408 e. The summed E-state index contributed by atoms with van der Waals surface area (Å²) in [5, 5.41) is 15.6. The van der Waals surface area contributed by atoms with Crippen LogP contribution in [0.1, 0.15) is 0 Å². The van der Waals surface area contributed by atoms with Gasteiger partial charge in [0.05, 0.1) is 18.2 Å². The van der Waals surface area contributed by atoms with Gasteiger partial charge in [-0.05, 0) is 41.8 Å². The number of nitrogens with one attached hydrogen (secondary N) is 2. The summed E-state index contributed by atoms with van der Waals surface area (Å²) in [5.41, 5.74) is 1.28. The highest BCUT2D eigenvalue weighted by Crippen LogP contribution is 2.29. The number of aromatic nitrogens is 5. The predicted molar refractivity (Wildman–Crippen MR) is 125 cm³/mol. The number of rotatable bonds is 5. The Morgan fingerprint density at radius 3 is 2.54 bits per heavy atom. The number of thiophene rings is 1. The zero-order valence-electron chi connectivity index (χ0n) is 18.1. The van der Waals surface area contributed by atoms with Gasteiger partial charge < -0.3 is 15.0 Å². The third-order valence-electron chi connectivity index (χ3n) is 5.14. The topological polar surface area (TPSA) is 110 Å². The van der Waals surface area contributed by atoms with Gasteiger partial charge in [0.1, 0.15) is 6.54 Å². The minimum absolute atomic E-state index is 0.00801. The van der Waals surface area contributed by atoms with Crippen molar-refractivity contribution in [3.63, 3.8) is 0 Å². The molecule has 10 nitrogen and oxygen atoms in total. The lowest BCUT2D eigenvalue weighted by Crippen LogP contribution is -2.37. The molecule has 2 N–H and O–H groups in total. The monoisotopic (exact) mass is 504 g/mol. The van der Waals surface area contributed by atoms with Gasteiger partial charge in [0.2, 0.25) is 0 Å². The van der Waals surface area contributed by atoms with Gasteiger partial charge in [-0.3, -0.25) is 5.32 Å². The normalized spacial score (nSPS) is 14.3. The van der Waals surface area contributed by atoms with Gasteiger partial charge in [0.25, 0.3) is 0 Å². The molecule has 35 heavy (non-hydrogen) atoms. The van der Waals surface area contributed by atoms with Crippen LogP contribution in [0, 0.1) is 0 Å². The smallest absolute Gasteiger partial charge is 0.378 e. The molecule has 182 valence electrons. The highest BCUT2D eigenvalue weighted by atomic mass is 32.1. The van der Waals surface area contributed by atoms with Crippen LogP contribution in [0.2, 0.25) is 0 Å². The molecule has 0 aliphatic carbocycles. The molecule has 4 heterocycles. The maximum Gasteiger partial charge on any atom is 0.408 e. The van der Waals surface area contributed by atoms with E-state index >= 15 is 0 Å². The Morgan fingerprint density at radius 2 is 1.86 bits per heavy atom. The van der Waals surface area contributed by atoms with E-state index in [2.05, 4.69) is 30.9 Å². The van der Waals surface area contributed by atoms with Crippen molar-refractivity contribution >= 4 is 45.0 Å². The summed E-state index contributed by atoms with van der Waals surface area (Å²) in [6.07, 6.45) is -4.48. The summed E-state index contributed by atoms with van der Waals surface area (Å²) in [5.74, 6) is 0.624. The molecule has 1 fully saturated rings. The molecule has 1 aliphatic heterocycles. The van der Waals surface area contributed by atoms with Gasteiger partial charge >= 0.3 is 12.2 Å². The first-order valence-corrected chi connectivity index (χ1v) is 11.5. The number of urea groups is 1. The average Bonchev–Trinajstić information content (AvgIpc) is 3.49. The number of carbonyl (C=O) groups is 1. The number of nitrogens with zero attached hydrogens (tertiary/aromatic N) is 6. The van der Waals surface area contributed by atoms with Gasteiger partial charge in [0, 0.05) is 24.3 Å². The first kappa shape index (κ1) is 23.0. The number of anilines is 3. The number of carbonyl (C=O) groups excluding carboxylic acids is 1. The summed E-state index contributed by atoms with van der Waals surface area (Å²) < 4.78 is 45.4. The molecule has 4 aromatic rings. The van der Waals surface area contributed by atoms with E-state index < -0.39 is 18.8 Å². The van der Waals surface area contributed by atoms with Crippen LogP contribution < -0.4 is 15.5 Å². The third-order valence-corrected chi connectivity index (χ3v) is 5.93. The number of benzene rings is 1. The summed E-state index contributed by atoms with van der Waals surface area (Å²) >= 11 is 1.40. The third kappa shape index (κ3) is 5.33. The van der Waals surface area contributed by atoms with E-state index in [9.17, 15) is 18.0 Å². The number of morpholine rings is 1. The lowest BCUT2D eigenvalue weighted by atomic mass is 10.2. The molecular weight excluding hydrogens is 485 g/mol. The van der Waals surface area contributed by atoms with Crippen LogP contribution in [0.25, 0.3) is 22.6 Å². The van der Waals surface area contributed by atoms with Crippen LogP contribution in [0.5, 0.6) is 0 Å². The van der Waals surface area contributed by atoms with E-state index in [0.717, 1.165) is 4.68 Å². The lowest BCUT2D eigenvalue weighted by Gasteiger charge is -2.28. The number of fused-ring (bicyclic) bond motifs is 1. The summed E-state index contributed by atoms with van der Waals surface area (Å²) in [6, 6.07) is 9.91. The first-order valence-electron chi connectivity index (χ1n) is 10.6. The summed E-state index contributed by atoms with van der Waals surface area (Å²) in [4.78, 5) is 23.0. The van der Waals surface area contributed by atoms with Gasteiger partial charge in [-0.1, -0.05) is 5.21 Å². The van der Waals surface area contributed by atoms with Crippen LogP contribution in [-0.4, -0.2) is 63.5 Å². The Kier molecular flexibility index (Phi) is 6.21. The average molecular weight is 504 g/mol. The number of hydrogen-bond donors (Lipinski definition) is 2. The maximum atomic E-state index is 13.1. The first-order chi connectivity index (χ1) is 16.9. The molecule has 0 radical (unpaired) electrons. The molecule has 0 bridgehead atoms. The highest BCUT2D eigenvalue weighted by molar-refractivity contribution is 7.14. The molecule has 0 unspecified atom stereocenters. The number of amides is 2. The second kappa shape index (κ2) is 9.46. The Bertz CT molecular complexity index is 1320. The molecule has 1 saturated heterocycles. The number of hydrogen-bond acceptors (Lipinski definition) is 8. The van der Waals surface area contributed by atoms with E-state index in [4.69, 9.17) is 4.74 Å². The Hall–Kier alpha value is -3.78. The number of alkyl halides is 3. The molecule has 5 rings (SSSR count). The summed E-state index contributed by atoms with van der Waals surface area (Å²) in [7, 11) is 0. The molecular formula is C21H19F3N8O2S. The van der Waals surface area contributed by atoms with E-state index in [1.165, 1.54) is 11.3 Å². The fourth-order valence-corrected chi connectivity index (χ4v) is 4.18. The zero-order chi connectivity index (χ0) is 24.4. The molecule has 2 amide bonds. The van der Waals surface area contributed by atoms with E-state index in [1.54, 1.807) is 30.3 Å². The molecule has 0 spiro atoms. The molecule has 14 heteroatoms. The SMILES string of the molecule is O=C(Nc1ccc(-c2nc(N3CCOCC3)c3nnn(CC(F)(F)F)c3n2)cc1)Nc1cccs1. The van der Waals surface area contributed by atoms with E-state index in [-0.39, 0.29) is 17.0 Å². The predicted octanol–water partition coefficient (Wildman–Crippen LogP) is 3.99. The van der Waals surface area contributed by atoms with Crippen LogP contribution >= 0.6 is 11.3 Å². The van der Waals surface area contributed by atoms with Crippen LogP contribution in [0.15, 0.2) is 41.8 Å². The fraction of sp³-hybridized carbons (Fsp3) is 0.286. The molecule has 1 aromatic carbocycles. The van der Waals surface area contributed by atoms with Crippen molar-refractivity contribution in [3.05, 3.63) is 41.8 Å². The molecule has 1 aliphatic rings. The number of halogens is 3. The van der Waals surface area contributed by atoms with Gasteiger partial charge in [0.15, 0.2) is 22.8 Å². The fourth-order valence-electron chi connectivity index (χ4n) is 3.57. The summed E-state index contributed by atoms with van der Waals surface area (Å²) in [6.45, 7) is 0.640. The quantitative estimate of drug-likeness (QED) is 0.423. The standard InChI is InChI=1S/C21H19F3N8O2S/c22-21(23,24)12-32-19-16(29-30-32)18(31-7-9-34-10-8-31)27-17(28-19)13-3-5-14(6-4-13)25-20(33)26-15-2-1-11-35-15/h1-6,11H,7-10,12H2,(H2,25,26,33). The number of ether oxygens (including phenoxy) is 1. The zero-order valence-corrected chi connectivity index (χ0v) is 18.9. The van der Waals surface area contributed by atoms with Crippen LogP contribution in [0.4, 0.5) is 34.5 Å². The van der Waals surface area contributed by atoms with Gasteiger partial charge in [-0.2, -0.15) is 13.2 Å². The van der Waals surface area contributed by atoms with Gasteiger partial charge in [-0.15, -0.1) is 16.4 Å². The minimum atomic E-state index is -4.48. The second-order valence-corrected chi connectivity index (χ2v) is 8.59. The van der Waals surface area contributed by atoms with E-state index in [0.29, 0.717) is 48.4 Å². The molecule has 0 saturated carbocycles.